The van der Waals surface area contributed by atoms with Crippen molar-refractivity contribution in [3.63, 3.8) is 0 Å². The van der Waals surface area contributed by atoms with Crippen LogP contribution in [0.3, 0.4) is 0 Å². The number of nitrogens with zero attached hydrogens (tertiary/aromatic N) is 1. The summed E-state index contributed by atoms with van der Waals surface area (Å²) in [6.07, 6.45) is 1.28. The predicted octanol–water partition coefficient (Wildman–Crippen LogP) is 2.54. The second kappa shape index (κ2) is 3.64. The van der Waals surface area contributed by atoms with E-state index in [1.807, 2.05) is 13.0 Å². The van der Waals surface area contributed by atoms with Crippen LogP contribution in [0.5, 0.6) is 5.75 Å². The van der Waals surface area contributed by atoms with E-state index in [0.717, 1.165) is 18.8 Å². The van der Waals surface area contributed by atoms with Crippen LogP contribution >= 0.6 is 0 Å². The van der Waals surface area contributed by atoms with Crippen molar-refractivity contribution >= 4 is 5.69 Å². The first kappa shape index (κ1) is 10.9. The molecule has 2 atom stereocenters. The fraction of sp³-hybridized carbons (Fsp3) is 0.571. The zero-order chi connectivity index (χ0) is 12.0. The summed E-state index contributed by atoms with van der Waals surface area (Å²) in [5, 5.41) is 0. The normalized spacial score (nSPS) is 30.3. The molecule has 0 amide bonds. The maximum atomic E-state index is 5.86. The van der Waals surface area contributed by atoms with Gasteiger partial charge in [0, 0.05) is 18.2 Å². The van der Waals surface area contributed by atoms with E-state index in [9.17, 15) is 0 Å². The topological polar surface area (TPSA) is 21.7 Å². The third kappa shape index (κ3) is 1.38. The Labute approximate surface area is 102 Å². The molecular weight excluding hydrogens is 214 g/mol. The van der Waals surface area contributed by atoms with Crippen molar-refractivity contribution in [3.8, 4) is 5.75 Å². The molecule has 0 bridgehead atoms. The molecule has 0 aliphatic carbocycles. The minimum atomic E-state index is 0.122. The first-order chi connectivity index (χ1) is 8.16. The molecule has 0 spiro atoms. The molecule has 2 unspecified atom stereocenters. The smallest absolute Gasteiger partial charge is 0.139 e. The number of anilines is 1. The van der Waals surface area contributed by atoms with Gasteiger partial charge >= 0.3 is 0 Å². The fourth-order valence-electron chi connectivity index (χ4n) is 3.16. The molecule has 3 heteroatoms. The second-order valence-corrected chi connectivity index (χ2v) is 5.11. The number of likely N-dealkylation sites (N-methyl/N-ethyl adjacent to an activating group) is 1. The number of hydrogen-bond donors (Lipinski definition) is 0. The van der Waals surface area contributed by atoms with Gasteiger partial charge in [-0.05, 0) is 37.1 Å². The summed E-state index contributed by atoms with van der Waals surface area (Å²) < 4.78 is 11.5. The Hall–Kier alpha value is -1.22. The van der Waals surface area contributed by atoms with E-state index in [4.69, 9.17) is 9.47 Å². The molecule has 2 aliphatic heterocycles. The van der Waals surface area contributed by atoms with E-state index in [2.05, 4.69) is 31.0 Å². The minimum absolute atomic E-state index is 0.122. The van der Waals surface area contributed by atoms with Crippen molar-refractivity contribution < 1.29 is 9.47 Å². The van der Waals surface area contributed by atoms with Crippen LogP contribution in [0.15, 0.2) is 18.2 Å². The van der Waals surface area contributed by atoms with E-state index >= 15 is 0 Å². The number of ether oxygens (including phenoxy) is 2. The molecule has 2 aliphatic rings. The molecule has 0 saturated carbocycles. The lowest BCUT2D eigenvalue weighted by molar-refractivity contribution is 0.0920. The van der Waals surface area contributed by atoms with Gasteiger partial charge in [0.2, 0.25) is 0 Å². The highest BCUT2D eigenvalue weighted by Gasteiger charge is 2.50. The summed E-state index contributed by atoms with van der Waals surface area (Å²) >= 11 is 0. The molecule has 17 heavy (non-hydrogen) atoms. The second-order valence-electron chi connectivity index (χ2n) is 5.11. The van der Waals surface area contributed by atoms with Crippen LogP contribution in [0.1, 0.15) is 25.8 Å². The highest BCUT2D eigenvalue weighted by atomic mass is 16.5. The van der Waals surface area contributed by atoms with Crippen LogP contribution in [0.25, 0.3) is 0 Å². The maximum absolute atomic E-state index is 5.86. The molecule has 3 rings (SSSR count). The number of fused-ring (bicyclic) bond motifs is 3. The van der Waals surface area contributed by atoms with Gasteiger partial charge in [-0.2, -0.15) is 0 Å². The third-order valence-corrected chi connectivity index (χ3v) is 4.07. The average Bonchev–Trinajstić information content (AvgIpc) is 2.79. The average molecular weight is 233 g/mol. The van der Waals surface area contributed by atoms with E-state index in [1.54, 1.807) is 0 Å². The van der Waals surface area contributed by atoms with Crippen molar-refractivity contribution in [3.05, 3.63) is 23.8 Å². The van der Waals surface area contributed by atoms with Crippen molar-refractivity contribution in [1.82, 2.24) is 0 Å². The van der Waals surface area contributed by atoms with Gasteiger partial charge in [-0.25, -0.2) is 0 Å². The van der Waals surface area contributed by atoms with Crippen molar-refractivity contribution in [2.24, 2.45) is 0 Å². The Morgan fingerprint density at radius 1 is 1.53 bits per heavy atom. The maximum Gasteiger partial charge on any atom is 0.139 e. The molecule has 1 aromatic rings. The zero-order valence-electron chi connectivity index (χ0n) is 10.7. The molecule has 0 aromatic heterocycles. The van der Waals surface area contributed by atoms with Crippen LogP contribution in [-0.2, 0) is 10.2 Å². The van der Waals surface area contributed by atoms with E-state index < -0.39 is 0 Å². The van der Waals surface area contributed by atoms with Crippen molar-refractivity contribution in [1.29, 1.82) is 0 Å². The summed E-state index contributed by atoms with van der Waals surface area (Å²) in [4.78, 5) is 2.25. The van der Waals surface area contributed by atoms with Gasteiger partial charge in [-0.3, -0.25) is 0 Å². The van der Waals surface area contributed by atoms with Gasteiger partial charge in [0.1, 0.15) is 12.0 Å². The van der Waals surface area contributed by atoms with Gasteiger partial charge in [-0.1, -0.05) is 6.92 Å². The van der Waals surface area contributed by atoms with Crippen LogP contribution in [0.2, 0.25) is 0 Å². The third-order valence-electron chi connectivity index (χ3n) is 4.07. The minimum Gasteiger partial charge on any atom is -0.494 e. The Bertz CT molecular complexity index is 446. The molecule has 1 fully saturated rings. The summed E-state index contributed by atoms with van der Waals surface area (Å²) in [6, 6.07) is 6.38. The number of benzene rings is 1. The largest absolute Gasteiger partial charge is 0.494 e. The molecule has 92 valence electrons. The highest BCUT2D eigenvalue weighted by molar-refractivity contribution is 5.65. The fourth-order valence-corrected chi connectivity index (χ4v) is 3.16. The van der Waals surface area contributed by atoms with Crippen molar-refractivity contribution in [2.75, 3.05) is 25.2 Å². The van der Waals surface area contributed by atoms with Gasteiger partial charge in [0.25, 0.3) is 0 Å². The summed E-state index contributed by atoms with van der Waals surface area (Å²) in [6.45, 7) is 5.88. The Balaban J connectivity index is 2.08. The quantitative estimate of drug-likeness (QED) is 0.783. The molecule has 1 aromatic carbocycles. The predicted molar refractivity (Wildman–Crippen MR) is 67.7 cm³/mol. The Morgan fingerprint density at radius 3 is 3.12 bits per heavy atom. The van der Waals surface area contributed by atoms with Gasteiger partial charge < -0.3 is 14.4 Å². The van der Waals surface area contributed by atoms with E-state index in [0.29, 0.717) is 6.61 Å². The zero-order valence-corrected chi connectivity index (χ0v) is 10.7. The van der Waals surface area contributed by atoms with Crippen LogP contribution < -0.4 is 9.64 Å². The molecular formula is C14H19NO2. The molecule has 3 nitrogen and oxygen atoms in total. The molecule has 0 radical (unpaired) electrons. The van der Waals surface area contributed by atoms with Crippen LogP contribution in [0, 0.1) is 0 Å². The SMILES string of the molecule is CCOc1ccc2c(c1)C1(C)CCOC1N2C. The molecule has 2 heterocycles. The molecule has 1 saturated heterocycles. The first-order valence-corrected chi connectivity index (χ1v) is 6.28. The lowest BCUT2D eigenvalue weighted by Crippen LogP contribution is -2.37. The Kier molecular flexibility index (Phi) is 2.33. The van der Waals surface area contributed by atoms with E-state index in [1.165, 1.54) is 11.3 Å². The van der Waals surface area contributed by atoms with Gasteiger partial charge in [-0.15, -0.1) is 0 Å². The van der Waals surface area contributed by atoms with Gasteiger partial charge in [0.15, 0.2) is 0 Å². The lowest BCUT2D eigenvalue weighted by Gasteiger charge is -2.26. The monoisotopic (exact) mass is 233 g/mol. The Morgan fingerprint density at radius 2 is 2.35 bits per heavy atom. The number of rotatable bonds is 2. The van der Waals surface area contributed by atoms with Gasteiger partial charge in [0.05, 0.1) is 13.2 Å². The summed E-state index contributed by atoms with van der Waals surface area (Å²) in [7, 11) is 2.11. The standard InChI is InChI=1S/C14H19NO2/c1-4-16-10-5-6-12-11(9-10)14(2)7-8-17-13(14)15(12)3/h5-6,9,13H,4,7-8H2,1-3H3. The van der Waals surface area contributed by atoms with Crippen molar-refractivity contribution in [2.45, 2.75) is 31.9 Å². The number of hydrogen-bond acceptors (Lipinski definition) is 3. The lowest BCUT2D eigenvalue weighted by atomic mass is 9.82. The van der Waals surface area contributed by atoms with E-state index in [-0.39, 0.29) is 11.6 Å². The first-order valence-electron chi connectivity index (χ1n) is 6.28. The van der Waals surface area contributed by atoms with Crippen LogP contribution in [0.4, 0.5) is 5.69 Å². The summed E-state index contributed by atoms with van der Waals surface area (Å²) in [5.41, 5.74) is 2.77. The van der Waals surface area contributed by atoms with Crippen LogP contribution in [-0.4, -0.2) is 26.5 Å². The summed E-state index contributed by atoms with van der Waals surface area (Å²) in [5.74, 6) is 0.966. The highest BCUT2D eigenvalue weighted by Crippen LogP contribution is 2.51. The molecule has 0 N–H and O–H groups in total.